The fraction of sp³-hybridized carbons (Fsp3) is 0.462. The van der Waals surface area contributed by atoms with Gasteiger partial charge in [-0.2, -0.15) is 0 Å². The lowest BCUT2D eigenvalue weighted by Gasteiger charge is -2.20. The molecule has 0 aromatic carbocycles. The van der Waals surface area contributed by atoms with Crippen molar-refractivity contribution in [2.24, 2.45) is 0 Å². The monoisotopic (exact) mass is 238 g/mol. The summed E-state index contributed by atoms with van der Waals surface area (Å²) in [6.45, 7) is 8.28. The molecule has 0 spiro atoms. The zero-order chi connectivity index (χ0) is 12.7. The van der Waals surface area contributed by atoms with Crippen molar-refractivity contribution in [1.29, 1.82) is 0 Å². The Balaban J connectivity index is 2.41. The molecule has 3 nitrogen and oxygen atoms in total. The van der Waals surface area contributed by atoms with Gasteiger partial charge in [0.15, 0.2) is 0 Å². The highest BCUT2D eigenvalue weighted by Gasteiger charge is 2.14. The first kappa shape index (κ1) is 13.5. The van der Waals surface area contributed by atoms with E-state index in [2.05, 4.69) is 18.5 Å². The number of hydrogen-bond acceptors (Lipinski definition) is 1. The van der Waals surface area contributed by atoms with Crippen LogP contribution in [0.1, 0.15) is 25.7 Å². The second-order valence-corrected chi connectivity index (χ2v) is 4.14. The van der Waals surface area contributed by atoms with Crippen LogP contribution in [0.4, 0.5) is 9.18 Å². The van der Waals surface area contributed by atoms with Gasteiger partial charge < -0.3 is 10.2 Å². The predicted octanol–water partition coefficient (Wildman–Crippen LogP) is 3.13. The Labute approximate surface area is 102 Å². The van der Waals surface area contributed by atoms with Crippen LogP contribution >= 0.6 is 0 Å². The van der Waals surface area contributed by atoms with E-state index < -0.39 is 5.83 Å². The summed E-state index contributed by atoms with van der Waals surface area (Å²) in [6, 6.07) is -0.161. The number of urea groups is 1. The molecule has 0 atom stereocenters. The summed E-state index contributed by atoms with van der Waals surface area (Å²) in [5.74, 6) is -0.560. The maximum Gasteiger partial charge on any atom is 0.321 e. The number of hydrogen-bond donors (Lipinski definition) is 1. The fourth-order valence-corrected chi connectivity index (χ4v) is 1.72. The summed E-state index contributed by atoms with van der Waals surface area (Å²) in [5, 5.41) is 2.63. The van der Waals surface area contributed by atoms with E-state index in [0.29, 0.717) is 5.70 Å². The van der Waals surface area contributed by atoms with Gasteiger partial charge in [-0.15, -0.1) is 0 Å². The second kappa shape index (κ2) is 6.89. The van der Waals surface area contributed by atoms with Crippen LogP contribution in [-0.4, -0.2) is 24.0 Å². The maximum atomic E-state index is 12.4. The number of amides is 2. The Kier molecular flexibility index (Phi) is 5.46. The van der Waals surface area contributed by atoms with E-state index >= 15 is 0 Å². The van der Waals surface area contributed by atoms with Crippen molar-refractivity contribution < 1.29 is 9.18 Å². The number of halogens is 1. The maximum absolute atomic E-state index is 12.4. The minimum absolute atomic E-state index is 0.161. The van der Waals surface area contributed by atoms with E-state index in [-0.39, 0.29) is 6.03 Å². The fourth-order valence-electron chi connectivity index (χ4n) is 1.72. The third kappa shape index (κ3) is 5.33. The van der Waals surface area contributed by atoms with Gasteiger partial charge in [0.25, 0.3) is 0 Å². The molecule has 0 radical (unpaired) electrons. The van der Waals surface area contributed by atoms with E-state index in [4.69, 9.17) is 0 Å². The van der Waals surface area contributed by atoms with Gasteiger partial charge in [0, 0.05) is 18.8 Å². The van der Waals surface area contributed by atoms with Crippen molar-refractivity contribution in [3.05, 3.63) is 36.8 Å². The summed E-state index contributed by atoms with van der Waals surface area (Å²) in [7, 11) is 0. The zero-order valence-electron chi connectivity index (χ0n) is 10.0. The van der Waals surface area contributed by atoms with Gasteiger partial charge in [-0.1, -0.05) is 26.0 Å². The number of carbonyl (C=O) groups excluding carboxylic acids is 1. The molecule has 0 aromatic rings. The van der Waals surface area contributed by atoms with Crippen molar-refractivity contribution >= 4 is 6.03 Å². The summed E-state index contributed by atoms with van der Waals surface area (Å²) in [4.78, 5) is 13.6. The molecule has 1 heterocycles. The standard InChI is InChI=1S/C13H19FN2O/c1-11(14)7-8-12(2)15-13(17)16-9-5-3-4-6-10-16/h7-8H,1-6,9-10H2,(H,15,17)/b8-7-. The van der Waals surface area contributed by atoms with Crippen LogP contribution in [0.15, 0.2) is 36.8 Å². The smallest absolute Gasteiger partial charge is 0.321 e. The first-order valence-corrected chi connectivity index (χ1v) is 5.87. The summed E-state index contributed by atoms with van der Waals surface area (Å²) in [6.07, 6.45) is 7.00. The van der Waals surface area contributed by atoms with Crippen LogP contribution in [0.2, 0.25) is 0 Å². The van der Waals surface area contributed by atoms with Crippen LogP contribution in [-0.2, 0) is 0 Å². The molecule has 4 heteroatoms. The van der Waals surface area contributed by atoms with E-state index in [1.165, 1.54) is 25.0 Å². The molecule has 1 aliphatic rings. The number of nitrogens with zero attached hydrogens (tertiary/aromatic N) is 1. The van der Waals surface area contributed by atoms with Crippen LogP contribution < -0.4 is 5.32 Å². The quantitative estimate of drug-likeness (QED) is 0.753. The average Bonchev–Trinajstić information content (AvgIpc) is 2.54. The lowest BCUT2D eigenvalue weighted by Crippen LogP contribution is -2.39. The third-order valence-electron chi connectivity index (χ3n) is 2.63. The molecule has 1 N–H and O–H groups in total. The van der Waals surface area contributed by atoms with Gasteiger partial charge in [0.2, 0.25) is 0 Å². The van der Waals surface area contributed by atoms with Crippen LogP contribution in [0, 0.1) is 0 Å². The highest BCUT2D eigenvalue weighted by Crippen LogP contribution is 2.10. The minimum Gasteiger partial charge on any atom is -0.325 e. The molecule has 1 fully saturated rings. The number of carbonyl (C=O) groups is 1. The van der Waals surface area contributed by atoms with Crippen molar-refractivity contribution in [1.82, 2.24) is 10.2 Å². The molecular weight excluding hydrogens is 219 g/mol. The summed E-state index contributed by atoms with van der Waals surface area (Å²) in [5.41, 5.74) is 0.373. The number of allylic oxidation sites excluding steroid dienone is 3. The molecular formula is C13H19FN2O. The molecule has 1 aliphatic heterocycles. The third-order valence-corrected chi connectivity index (χ3v) is 2.63. The molecule has 0 aliphatic carbocycles. The predicted molar refractivity (Wildman–Crippen MR) is 67.1 cm³/mol. The number of rotatable bonds is 3. The topological polar surface area (TPSA) is 32.3 Å². The molecule has 94 valence electrons. The number of nitrogens with one attached hydrogen (secondary N) is 1. The Bertz CT molecular complexity index is 328. The molecule has 0 bridgehead atoms. The summed E-state index contributed by atoms with van der Waals surface area (Å²) >= 11 is 0. The lowest BCUT2D eigenvalue weighted by molar-refractivity contribution is 0.203. The Morgan fingerprint density at radius 1 is 1.12 bits per heavy atom. The molecule has 0 unspecified atom stereocenters. The van der Waals surface area contributed by atoms with Gasteiger partial charge in [-0.3, -0.25) is 0 Å². The van der Waals surface area contributed by atoms with E-state index in [0.717, 1.165) is 25.9 Å². The van der Waals surface area contributed by atoms with Crippen LogP contribution in [0.25, 0.3) is 0 Å². The molecule has 0 saturated carbocycles. The molecule has 0 aromatic heterocycles. The lowest BCUT2D eigenvalue weighted by atomic mass is 10.2. The molecule has 17 heavy (non-hydrogen) atoms. The average molecular weight is 238 g/mol. The minimum atomic E-state index is -0.560. The van der Waals surface area contributed by atoms with Gasteiger partial charge in [0.1, 0.15) is 5.83 Å². The Morgan fingerprint density at radius 2 is 1.71 bits per heavy atom. The van der Waals surface area contributed by atoms with Crippen molar-refractivity contribution in [2.45, 2.75) is 25.7 Å². The largest absolute Gasteiger partial charge is 0.325 e. The molecule has 2 amide bonds. The van der Waals surface area contributed by atoms with E-state index in [1.54, 1.807) is 4.90 Å². The van der Waals surface area contributed by atoms with Crippen LogP contribution in [0.3, 0.4) is 0 Å². The van der Waals surface area contributed by atoms with Gasteiger partial charge in [0.05, 0.1) is 0 Å². The van der Waals surface area contributed by atoms with E-state index in [9.17, 15) is 9.18 Å². The van der Waals surface area contributed by atoms with Crippen molar-refractivity contribution in [2.75, 3.05) is 13.1 Å². The first-order chi connectivity index (χ1) is 8.09. The Hall–Kier alpha value is -1.58. The van der Waals surface area contributed by atoms with E-state index in [1.807, 2.05) is 0 Å². The second-order valence-electron chi connectivity index (χ2n) is 4.14. The number of likely N-dealkylation sites (tertiary alicyclic amines) is 1. The van der Waals surface area contributed by atoms with Gasteiger partial charge in [-0.25, -0.2) is 9.18 Å². The van der Waals surface area contributed by atoms with Crippen molar-refractivity contribution in [3.63, 3.8) is 0 Å². The Morgan fingerprint density at radius 3 is 2.24 bits per heavy atom. The molecule has 1 saturated heterocycles. The van der Waals surface area contributed by atoms with Gasteiger partial charge >= 0.3 is 6.03 Å². The zero-order valence-corrected chi connectivity index (χ0v) is 10.0. The highest BCUT2D eigenvalue weighted by molar-refractivity contribution is 5.76. The SMILES string of the molecule is C=C(F)/C=C\C(=C)NC(=O)N1CCCCCC1. The first-order valence-electron chi connectivity index (χ1n) is 5.87. The van der Waals surface area contributed by atoms with Crippen molar-refractivity contribution in [3.8, 4) is 0 Å². The molecule has 1 rings (SSSR count). The van der Waals surface area contributed by atoms with Gasteiger partial charge in [-0.05, 0) is 25.0 Å². The van der Waals surface area contributed by atoms with Crippen LogP contribution in [0.5, 0.6) is 0 Å². The summed E-state index contributed by atoms with van der Waals surface area (Å²) < 4.78 is 12.4. The normalized spacial score (nSPS) is 16.6. The highest BCUT2D eigenvalue weighted by atomic mass is 19.1.